The fourth-order valence-electron chi connectivity index (χ4n) is 4.60. The van der Waals surface area contributed by atoms with E-state index < -0.39 is 11.8 Å². The number of esters is 1. The lowest BCUT2D eigenvalue weighted by Crippen LogP contribution is -2.45. The molecular weight excluding hydrogens is 569 g/mol. The van der Waals surface area contributed by atoms with Crippen molar-refractivity contribution in [1.29, 1.82) is 0 Å². The number of hydrogen-bond donors (Lipinski definition) is 0. The zero-order valence-corrected chi connectivity index (χ0v) is 25.7. The van der Waals surface area contributed by atoms with Crippen LogP contribution in [-0.2, 0) is 20.8 Å². The van der Waals surface area contributed by atoms with Crippen molar-refractivity contribution in [1.82, 2.24) is 20.2 Å². The number of hydroxylamine groups is 2. The van der Waals surface area contributed by atoms with Gasteiger partial charge in [-0.2, -0.15) is 5.06 Å². The Kier molecular flexibility index (Phi) is 10.0. The zero-order valence-electron chi connectivity index (χ0n) is 24.2. The fourth-order valence-corrected chi connectivity index (χ4v) is 5.95. The van der Waals surface area contributed by atoms with Gasteiger partial charge in [-0.3, -0.25) is 4.84 Å². The van der Waals surface area contributed by atoms with Gasteiger partial charge in [0.05, 0.1) is 25.9 Å². The third-order valence-corrected chi connectivity index (χ3v) is 7.85. The standard InChI is InChI=1S/C29H35ClFN5O4S/c1-19-21-12-15-36(26(21)33-32-25(19)30)28-35(23(18-41-28)27(37)38-6)14-8-16-39-24-11-10-20(17-22(24)31)9-7-13-34(5)40-29(2,3)4/h10-11,17-18,28H,8,12-16H2,1-6H3. The van der Waals surface area contributed by atoms with Gasteiger partial charge in [0.1, 0.15) is 5.70 Å². The largest absolute Gasteiger partial charge is 0.490 e. The molecule has 0 spiro atoms. The molecule has 12 heteroatoms. The number of thioether (sulfide) groups is 1. The maximum atomic E-state index is 14.7. The highest BCUT2D eigenvalue weighted by molar-refractivity contribution is 8.03. The van der Waals surface area contributed by atoms with Crippen LogP contribution in [0.4, 0.5) is 10.2 Å². The monoisotopic (exact) mass is 603 g/mol. The number of rotatable bonds is 9. The molecule has 0 amide bonds. The SMILES string of the molecule is COC(=O)C1=CSC(N2CCc3c2nnc(Cl)c3C)N1CCCOc1ccc(C#CCN(C)OC(C)(C)C)cc1F. The Morgan fingerprint density at radius 1 is 1.32 bits per heavy atom. The van der Waals surface area contributed by atoms with Crippen molar-refractivity contribution in [3.63, 3.8) is 0 Å². The highest BCUT2D eigenvalue weighted by atomic mass is 35.5. The summed E-state index contributed by atoms with van der Waals surface area (Å²) in [5.41, 5.74) is 2.48. The number of nitrogens with zero attached hydrogens (tertiary/aromatic N) is 5. The van der Waals surface area contributed by atoms with E-state index in [9.17, 15) is 9.18 Å². The number of carbonyl (C=O) groups excluding carboxylic acids is 1. The molecule has 4 rings (SSSR count). The molecule has 1 aromatic heterocycles. The molecule has 0 fully saturated rings. The van der Waals surface area contributed by atoms with Crippen molar-refractivity contribution in [3.05, 3.63) is 57.0 Å². The molecule has 1 aromatic carbocycles. The summed E-state index contributed by atoms with van der Waals surface area (Å²) in [7, 11) is 3.17. The molecule has 2 aromatic rings. The molecule has 1 unspecified atom stereocenters. The van der Waals surface area contributed by atoms with Crippen molar-refractivity contribution < 1.29 is 23.5 Å². The van der Waals surface area contributed by atoms with Crippen molar-refractivity contribution in [3.8, 4) is 17.6 Å². The lowest BCUT2D eigenvalue weighted by molar-refractivity contribution is -0.206. The molecule has 3 heterocycles. The average molecular weight is 604 g/mol. The molecule has 0 saturated carbocycles. The lowest BCUT2D eigenvalue weighted by Gasteiger charge is -2.35. The Morgan fingerprint density at radius 3 is 2.80 bits per heavy atom. The fraction of sp³-hybridized carbons (Fsp3) is 0.483. The molecule has 2 aliphatic heterocycles. The Hall–Kier alpha value is -3.04. The highest BCUT2D eigenvalue weighted by Gasteiger charge is 2.39. The van der Waals surface area contributed by atoms with Gasteiger partial charge in [-0.05, 0) is 64.3 Å². The minimum Gasteiger partial charge on any atom is -0.490 e. The number of anilines is 1. The first-order valence-electron chi connectivity index (χ1n) is 13.3. The molecule has 220 valence electrons. The van der Waals surface area contributed by atoms with Crippen molar-refractivity contribution in [2.45, 2.75) is 51.6 Å². The smallest absolute Gasteiger partial charge is 0.354 e. The van der Waals surface area contributed by atoms with Crippen LogP contribution in [0.5, 0.6) is 5.75 Å². The molecule has 9 nitrogen and oxygen atoms in total. The van der Waals surface area contributed by atoms with Crippen LogP contribution in [0.25, 0.3) is 0 Å². The van der Waals surface area contributed by atoms with Crippen LogP contribution in [-0.4, -0.2) is 77.6 Å². The zero-order chi connectivity index (χ0) is 29.7. The number of methoxy groups -OCH3 is 1. The quantitative estimate of drug-likeness (QED) is 0.173. The summed E-state index contributed by atoms with van der Waals surface area (Å²) in [5, 5.41) is 12.3. The first-order chi connectivity index (χ1) is 19.5. The second-order valence-electron chi connectivity index (χ2n) is 10.7. The van der Waals surface area contributed by atoms with E-state index in [0.717, 1.165) is 29.9 Å². The van der Waals surface area contributed by atoms with Crippen LogP contribution >= 0.6 is 23.4 Å². The molecule has 1 atom stereocenters. The van der Waals surface area contributed by atoms with E-state index >= 15 is 0 Å². The van der Waals surface area contributed by atoms with Crippen molar-refractivity contribution in [2.75, 3.05) is 45.3 Å². The van der Waals surface area contributed by atoms with E-state index in [2.05, 4.69) is 26.9 Å². The van der Waals surface area contributed by atoms with Crippen LogP contribution < -0.4 is 9.64 Å². The number of benzene rings is 1. The average Bonchev–Trinajstić information content (AvgIpc) is 3.52. The molecule has 2 aliphatic rings. The summed E-state index contributed by atoms with van der Waals surface area (Å²) in [4.78, 5) is 22.3. The van der Waals surface area contributed by atoms with Crippen LogP contribution in [0.15, 0.2) is 29.3 Å². The summed E-state index contributed by atoms with van der Waals surface area (Å²) in [6.45, 7) is 9.67. The van der Waals surface area contributed by atoms with Gasteiger partial charge in [-0.15, -0.1) is 10.2 Å². The predicted octanol–water partition coefficient (Wildman–Crippen LogP) is 4.77. The Labute approximate surface area is 249 Å². The van der Waals surface area contributed by atoms with Gasteiger partial charge in [0.2, 0.25) is 0 Å². The highest BCUT2D eigenvalue weighted by Crippen LogP contribution is 2.40. The van der Waals surface area contributed by atoms with Crippen LogP contribution in [0, 0.1) is 24.6 Å². The Morgan fingerprint density at radius 2 is 2.10 bits per heavy atom. The molecular formula is C29H35ClFN5O4S. The molecule has 0 aliphatic carbocycles. The van der Waals surface area contributed by atoms with Crippen LogP contribution in [0.3, 0.4) is 0 Å². The normalized spacial score (nSPS) is 16.4. The van der Waals surface area contributed by atoms with E-state index in [4.69, 9.17) is 25.9 Å². The van der Waals surface area contributed by atoms with Gasteiger partial charge in [0, 0.05) is 36.7 Å². The summed E-state index contributed by atoms with van der Waals surface area (Å²) in [5.74, 6) is 5.95. The van der Waals surface area contributed by atoms with Crippen molar-refractivity contribution in [2.24, 2.45) is 0 Å². The summed E-state index contributed by atoms with van der Waals surface area (Å²) in [6.07, 6.45) is 1.33. The van der Waals surface area contributed by atoms with E-state index in [1.54, 1.807) is 29.7 Å². The Balaban J connectivity index is 1.35. The van der Waals surface area contributed by atoms with Gasteiger partial charge in [0.25, 0.3) is 0 Å². The summed E-state index contributed by atoms with van der Waals surface area (Å²) < 4.78 is 25.5. The van der Waals surface area contributed by atoms with E-state index in [0.29, 0.717) is 35.9 Å². The second-order valence-corrected chi connectivity index (χ2v) is 11.9. The molecule has 0 bridgehead atoms. The minimum atomic E-state index is -0.484. The van der Waals surface area contributed by atoms with Gasteiger partial charge in [-0.25, -0.2) is 9.18 Å². The summed E-state index contributed by atoms with van der Waals surface area (Å²) >= 11 is 7.69. The number of aromatic nitrogens is 2. The maximum absolute atomic E-state index is 14.7. The van der Waals surface area contributed by atoms with Gasteiger partial charge < -0.3 is 19.3 Å². The number of hydrogen-bond acceptors (Lipinski definition) is 10. The third-order valence-electron chi connectivity index (χ3n) is 6.37. The number of ether oxygens (including phenoxy) is 2. The first-order valence-corrected chi connectivity index (χ1v) is 14.6. The molecule has 0 N–H and O–H groups in total. The minimum absolute atomic E-state index is 0.149. The third kappa shape index (κ3) is 7.63. The Bertz CT molecular complexity index is 1370. The molecule has 0 saturated heterocycles. The number of carbonyl (C=O) groups is 1. The van der Waals surface area contributed by atoms with Crippen LogP contribution in [0.1, 0.15) is 43.9 Å². The van der Waals surface area contributed by atoms with E-state index in [1.165, 1.54) is 24.9 Å². The first kappa shape index (κ1) is 30.9. The number of fused-ring (bicyclic) bond motifs is 1. The maximum Gasteiger partial charge on any atom is 0.354 e. The van der Waals surface area contributed by atoms with E-state index in [-0.39, 0.29) is 23.5 Å². The van der Waals surface area contributed by atoms with Gasteiger partial charge in [0.15, 0.2) is 28.0 Å². The van der Waals surface area contributed by atoms with Gasteiger partial charge >= 0.3 is 5.97 Å². The summed E-state index contributed by atoms with van der Waals surface area (Å²) in [6, 6.07) is 4.66. The molecule has 41 heavy (non-hydrogen) atoms. The van der Waals surface area contributed by atoms with E-state index in [1.807, 2.05) is 32.6 Å². The predicted molar refractivity (Wildman–Crippen MR) is 158 cm³/mol. The van der Waals surface area contributed by atoms with Crippen molar-refractivity contribution >= 4 is 35.1 Å². The van der Waals surface area contributed by atoms with Gasteiger partial charge in [-0.1, -0.05) is 35.2 Å². The second kappa shape index (κ2) is 13.3. The lowest BCUT2D eigenvalue weighted by atomic mass is 10.1. The topological polar surface area (TPSA) is 80.3 Å². The van der Waals surface area contributed by atoms with Crippen LogP contribution in [0.2, 0.25) is 5.15 Å². The number of halogens is 2. The molecule has 0 radical (unpaired) electrons.